The van der Waals surface area contributed by atoms with Crippen molar-refractivity contribution < 1.29 is 14.6 Å². The summed E-state index contributed by atoms with van der Waals surface area (Å²) in [5, 5.41) is 17.8. The topological polar surface area (TPSA) is 120 Å². The third kappa shape index (κ3) is 4.01. The molecule has 9 heteroatoms. The van der Waals surface area contributed by atoms with Gasteiger partial charge >= 0.3 is 11.1 Å². The average Bonchev–Trinajstić information content (AvgIpc) is 2.96. The Bertz CT molecular complexity index is 684. The molecule has 1 aromatic carbocycles. The summed E-state index contributed by atoms with van der Waals surface area (Å²) in [7, 11) is 0. The summed E-state index contributed by atoms with van der Waals surface area (Å²) in [6.07, 6.45) is -0.811. The maximum absolute atomic E-state index is 11.5. The molecule has 1 amide bonds. The maximum Gasteiger partial charge on any atom is 0.437 e. The lowest BCUT2D eigenvalue weighted by molar-refractivity contribution is -0.380. The fourth-order valence-corrected chi connectivity index (χ4v) is 2.08. The summed E-state index contributed by atoms with van der Waals surface area (Å²) < 4.78 is 0. The Morgan fingerprint density at radius 2 is 2.10 bits per heavy atom. The molecule has 0 aliphatic carbocycles. The van der Waals surface area contributed by atoms with Gasteiger partial charge in [-0.2, -0.15) is 0 Å². The van der Waals surface area contributed by atoms with Gasteiger partial charge in [0.15, 0.2) is 5.84 Å². The first-order valence-corrected chi connectivity index (χ1v) is 6.54. The molecule has 0 atom stereocenters. The number of nitro groups is 1. The van der Waals surface area contributed by atoms with Crippen molar-refractivity contribution in [2.45, 2.75) is 0 Å². The van der Waals surface area contributed by atoms with E-state index in [1.165, 1.54) is 11.4 Å². The summed E-state index contributed by atoms with van der Waals surface area (Å²) in [6, 6.07) is 9.90. The SMILES string of the molecule is N/C(=N/OC(=O)Nc1ccccc1)c1csc([N+](=O)[O-])c1. The molecule has 0 aliphatic rings. The van der Waals surface area contributed by atoms with Crippen LogP contribution in [0.4, 0.5) is 15.5 Å². The van der Waals surface area contributed by atoms with E-state index in [-0.39, 0.29) is 10.8 Å². The van der Waals surface area contributed by atoms with Crippen LogP contribution in [-0.4, -0.2) is 16.9 Å². The Morgan fingerprint density at radius 1 is 1.38 bits per heavy atom. The highest BCUT2D eigenvalue weighted by Gasteiger charge is 2.12. The van der Waals surface area contributed by atoms with Crippen molar-refractivity contribution in [2.24, 2.45) is 10.9 Å². The Morgan fingerprint density at radius 3 is 2.71 bits per heavy atom. The van der Waals surface area contributed by atoms with Crippen molar-refractivity contribution in [1.82, 2.24) is 0 Å². The van der Waals surface area contributed by atoms with Gasteiger partial charge in [0.1, 0.15) is 0 Å². The monoisotopic (exact) mass is 306 g/mol. The van der Waals surface area contributed by atoms with Gasteiger partial charge in [-0.25, -0.2) is 4.79 Å². The molecular weight excluding hydrogens is 296 g/mol. The molecule has 2 aromatic rings. The molecule has 0 radical (unpaired) electrons. The highest BCUT2D eigenvalue weighted by Crippen LogP contribution is 2.22. The number of nitrogens with zero attached hydrogens (tertiary/aromatic N) is 2. The van der Waals surface area contributed by atoms with Crippen LogP contribution < -0.4 is 11.1 Å². The summed E-state index contributed by atoms with van der Waals surface area (Å²) in [4.78, 5) is 26.0. The first-order chi connectivity index (χ1) is 10.1. The predicted molar refractivity (Wildman–Crippen MR) is 78.2 cm³/mol. The quantitative estimate of drug-likeness (QED) is 0.296. The van der Waals surface area contributed by atoms with Crippen molar-refractivity contribution in [3.05, 3.63) is 57.5 Å². The van der Waals surface area contributed by atoms with Crippen molar-refractivity contribution >= 4 is 34.0 Å². The zero-order chi connectivity index (χ0) is 15.2. The van der Waals surface area contributed by atoms with Crippen LogP contribution in [0.3, 0.4) is 0 Å². The molecule has 0 aliphatic heterocycles. The smallest absolute Gasteiger partial charge is 0.380 e. The average molecular weight is 306 g/mol. The van der Waals surface area contributed by atoms with Gasteiger partial charge in [0.05, 0.1) is 4.92 Å². The van der Waals surface area contributed by atoms with Crippen LogP contribution in [0.5, 0.6) is 0 Å². The Balaban J connectivity index is 1.96. The molecule has 0 unspecified atom stereocenters. The van der Waals surface area contributed by atoms with Gasteiger partial charge in [0.2, 0.25) is 0 Å². The number of thiophene rings is 1. The number of nitrogens with two attached hydrogens (primary N) is 1. The number of amidine groups is 1. The van der Waals surface area contributed by atoms with Crippen LogP contribution in [0.1, 0.15) is 5.56 Å². The molecule has 0 spiro atoms. The minimum atomic E-state index is -0.811. The van der Waals surface area contributed by atoms with Crippen LogP contribution in [0, 0.1) is 10.1 Å². The number of oxime groups is 1. The van der Waals surface area contributed by atoms with Gasteiger partial charge in [-0.3, -0.25) is 20.3 Å². The zero-order valence-corrected chi connectivity index (χ0v) is 11.4. The first kappa shape index (κ1) is 14.5. The van der Waals surface area contributed by atoms with Crippen molar-refractivity contribution in [3.63, 3.8) is 0 Å². The lowest BCUT2D eigenvalue weighted by Gasteiger charge is -2.02. The van der Waals surface area contributed by atoms with E-state index in [1.54, 1.807) is 30.3 Å². The molecule has 2 rings (SSSR count). The molecule has 0 bridgehead atoms. The number of para-hydroxylation sites is 1. The Hall–Kier alpha value is -2.94. The molecule has 0 fully saturated rings. The molecule has 1 heterocycles. The number of anilines is 1. The van der Waals surface area contributed by atoms with E-state index in [0.717, 1.165) is 11.3 Å². The summed E-state index contributed by atoms with van der Waals surface area (Å²) >= 11 is 0.907. The third-order valence-electron chi connectivity index (χ3n) is 2.31. The summed E-state index contributed by atoms with van der Waals surface area (Å²) in [6.45, 7) is 0. The predicted octanol–water partition coefficient (Wildman–Crippen LogP) is 2.53. The van der Waals surface area contributed by atoms with Gasteiger partial charge in [-0.05, 0) is 12.1 Å². The Labute approximate surface area is 123 Å². The van der Waals surface area contributed by atoms with E-state index in [1.807, 2.05) is 0 Å². The minimum absolute atomic E-state index is 0.0723. The van der Waals surface area contributed by atoms with Gasteiger partial charge in [0, 0.05) is 22.7 Å². The van der Waals surface area contributed by atoms with Gasteiger partial charge in [0.25, 0.3) is 0 Å². The van der Waals surface area contributed by atoms with Crippen LogP contribution in [0.25, 0.3) is 0 Å². The van der Waals surface area contributed by atoms with E-state index in [9.17, 15) is 14.9 Å². The minimum Gasteiger partial charge on any atom is -0.380 e. The van der Waals surface area contributed by atoms with Crippen LogP contribution in [-0.2, 0) is 4.84 Å². The zero-order valence-electron chi connectivity index (χ0n) is 10.6. The van der Waals surface area contributed by atoms with E-state index in [2.05, 4.69) is 15.3 Å². The molecule has 8 nitrogen and oxygen atoms in total. The van der Waals surface area contributed by atoms with Crippen molar-refractivity contribution in [3.8, 4) is 0 Å². The van der Waals surface area contributed by atoms with Crippen molar-refractivity contribution in [2.75, 3.05) is 5.32 Å². The standard InChI is InChI=1S/C12H10N4O4S/c13-11(8-6-10(16(18)19)21-7-8)15-20-12(17)14-9-4-2-1-3-5-9/h1-7H,(H2,13,15)(H,14,17). The maximum atomic E-state index is 11.5. The molecule has 0 saturated carbocycles. The highest BCUT2D eigenvalue weighted by atomic mass is 32.1. The van der Waals surface area contributed by atoms with Gasteiger partial charge in [-0.15, -0.1) is 0 Å². The second-order valence-corrected chi connectivity index (χ2v) is 4.67. The van der Waals surface area contributed by atoms with Gasteiger partial charge in [-0.1, -0.05) is 34.7 Å². The fourth-order valence-electron chi connectivity index (χ4n) is 1.36. The van der Waals surface area contributed by atoms with Crippen LogP contribution >= 0.6 is 11.3 Å². The number of benzene rings is 1. The number of amides is 1. The number of carbonyl (C=O) groups excluding carboxylic acids is 1. The van der Waals surface area contributed by atoms with E-state index < -0.39 is 11.0 Å². The second-order valence-electron chi connectivity index (χ2n) is 3.78. The number of nitrogens with one attached hydrogen (secondary N) is 1. The van der Waals surface area contributed by atoms with Gasteiger partial charge < -0.3 is 5.73 Å². The lowest BCUT2D eigenvalue weighted by atomic mass is 10.3. The van der Waals surface area contributed by atoms with Crippen molar-refractivity contribution in [1.29, 1.82) is 0 Å². The molecule has 21 heavy (non-hydrogen) atoms. The van der Waals surface area contributed by atoms with E-state index in [0.29, 0.717) is 11.3 Å². The Kier molecular flexibility index (Phi) is 4.46. The van der Waals surface area contributed by atoms with E-state index in [4.69, 9.17) is 5.73 Å². The lowest BCUT2D eigenvalue weighted by Crippen LogP contribution is -2.17. The van der Waals surface area contributed by atoms with Crippen LogP contribution in [0.15, 0.2) is 46.9 Å². The second kappa shape index (κ2) is 6.48. The molecular formula is C12H10N4O4S. The molecule has 3 N–H and O–H groups in total. The number of hydrogen-bond donors (Lipinski definition) is 2. The number of carbonyl (C=O) groups is 1. The normalized spacial score (nSPS) is 11.0. The fraction of sp³-hybridized carbons (Fsp3) is 0. The molecule has 1 aromatic heterocycles. The largest absolute Gasteiger partial charge is 0.437 e. The molecule has 0 saturated heterocycles. The number of rotatable bonds is 4. The van der Waals surface area contributed by atoms with E-state index >= 15 is 0 Å². The first-order valence-electron chi connectivity index (χ1n) is 5.66. The summed E-state index contributed by atoms with van der Waals surface area (Å²) in [5.74, 6) is -0.123. The number of hydrogen-bond acceptors (Lipinski definition) is 6. The molecule has 108 valence electrons. The third-order valence-corrected chi connectivity index (χ3v) is 3.19. The van der Waals surface area contributed by atoms with Crippen LogP contribution in [0.2, 0.25) is 0 Å². The highest BCUT2D eigenvalue weighted by molar-refractivity contribution is 7.13. The summed E-state index contributed by atoms with van der Waals surface area (Å²) in [5.41, 5.74) is 6.44.